The van der Waals surface area contributed by atoms with Gasteiger partial charge in [-0.2, -0.15) is 0 Å². The zero-order chi connectivity index (χ0) is 13.4. The van der Waals surface area contributed by atoms with Crippen molar-refractivity contribution in [3.05, 3.63) is 36.4 Å². The smallest absolute Gasteiger partial charge is 0.111 e. The largest absolute Gasteiger partial charge is 0.497 e. The lowest BCUT2D eigenvalue weighted by atomic mass is 10.1. The number of allylic oxidation sites excluding steroid dienone is 3. The SMILES string of the molecule is C=C(/C=C\C=C(\F)C(C)CN1CCCCC1)OC. The molecule has 0 aromatic heterocycles. The van der Waals surface area contributed by atoms with Crippen molar-refractivity contribution in [3.8, 4) is 0 Å². The molecule has 102 valence electrons. The van der Waals surface area contributed by atoms with E-state index < -0.39 is 0 Å². The molecular formula is C15H24FNO. The van der Waals surface area contributed by atoms with Crippen molar-refractivity contribution in [3.63, 3.8) is 0 Å². The molecule has 18 heavy (non-hydrogen) atoms. The number of rotatable bonds is 6. The lowest BCUT2D eigenvalue weighted by Gasteiger charge is -2.28. The first-order valence-corrected chi connectivity index (χ1v) is 6.62. The summed E-state index contributed by atoms with van der Waals surface area (Å²) in [5.41, 5.74) is 0. The summed E-state index contributed by atoms with van der Waals surface area (Å²) in [6, 6.07) is 0. The summed E-state index contributed by atoms with van der Waals surface area (Å²) < 4.78 is 18.7. The minimum atomic E-state index is -0.0827. The van der Waals surface area contributed by atoms with Crippen molar-refractivity contribution in [2.24, 2.45) is 5.92 Å². The lowest BCUT2D eigenvalue weighted by molar-refractivity contribution is 0.202. The number of methoxy groups -OCH3 is 1. The van der Waals surface area contributed by atoms with Gasteiger partial charge >= 0.3 is 0 Å². The number of hydrogen-bond acceptors (Lipinski definition) is 2. The van der Waals surface area contributed by atoms with Gasteiger partial charge in [-0.25, -0.2) is 4.39 Å². The van der Waals surface area contributed by atoms with Crippen LogP contribution in [0.4, 0.5) is 4.39 Å². The van der Waals surface area contributed by atoms with Crippen LogP contribution in [-0.2, 0) is 4.74 Å². The van der Waals surface area contributed by atoms with E-state index in [0.29, 0.717) is 5.76 Å². The molecule has 0 aromatic carbocycles. The number of nitrogens with zero attached hydrogens (tertiary/aromatic N) is 1. The average Bonchev–Trinajstić information content (AvgIpc) is 2.39. The van der Waals surface area contributed by atoms with Crippen molar-refractivity contribution in [2.45, 2.75) is 26.2 Å². The molecular weight excluding hydrogens is 229 g/mol. The number of hydrogen-bond donors (Lipinski definition) is 0. The highest BCUT2D eigenvalue weighted by Crippen LogP contribution is 2.17. The van der Waals surface area contributed by atoms with Gasteiger partial charge in [-0.15, -0.1) is 0 Å². The zero-order valence-electron chi connectivity index (χ0n) is 11.5. The van der Waals surface area contributed by atoms with E-state index in [0.717, 1.165) is 19.6 Å². The molecule has 0 saturated carbocycles. The second-order valence-corrected chi connectivity index (χ2v) is 4.84. The van der Waals surface area contributed by atoms with Crippen molar-refractivity contribution in [1.82, 2.24) is 4.90 Å². The van der Waals surface area contributed by atoms with Gasteiger partial charge in [0.1, 0.15) is 11.6 Å². The summed E-state index contributed by atoms with van der Waals surface area (Å²) in [6.45, 7) is 8.59. The van der Waals surface area contributed by atoms with E-state index in [1.54, 1.807) is 19.3 Å². The maximum Gasteiger partial charge on any atom is 0.111 e. The molecule has 1 aliphatic rings. The van der Waals surface area contributed by atoms with E-state index in [1.165, 1.54) is 25.3 Å². The Morgan fingerprint density at radius 1 is 1.39 bits per heavy atom. The molecule has 1 heterocycles. The molecule has 0 N–H and O–H groups in total. The van der Waals surface area contributed by atoms with E-state index in [2.05, 4.69) is 11.5 Å². The van der Waals surface area contributed by atoms with E-state index in [9.17, 15) is 4.39 Å². The molecule has 0 bridgehead atoms. The first-order valence-electron chi connectivity index (χ1n) is 6.62. The first kappa shape index (κ1) is 15.0. The molecule has 0 radical (unpaired) electrons. The van der Waals surface area contributed by atoms with Crippen molar-refractivity contribution in [2.75, 3.05) is 26.7 Å². The van der Waals surface area contributed by atoms with Gasteiger partial charge in [-0.05, 0) is 38.1 Å². The van der Waals surface area contributed by atoms with Crippen LogP contribution >= 0.6 is 0 Å². The quantitative estimate of drug-likeness (QED) is 0.529. The second kappa shape index (κ2) is 8.09. The molecule has 1 saturated heterocycles. The molecule has 0 aliphatic carbocycles. The second-order valence-electron chi connectivity index (χ2n) is 4.84. The Bertz CT molecular complexity index is 316. The van der Waals surface area contributed by atoms with E-state index in [-0.39, 0.29) is 11.7 Å². The number of ether oxygens (including phenoxy) is 1. The molecule has 0 aromatic rings. The van der Waals surface area contributed by atoms with Crippen LogP contribution < -0.4 is 0 Å². The Hall–Kier alpha value is -1.09. The molecule has 1 aliphatic heterocycles. The van der Waals surface area contributed by atoms with Crippen LogP contribution in [0.15, 0.2) is 36.4 Å². The van der Waals surface area contributed by atoms with Gasteiger partial charge in [0.2, 0.25) is 0 Å². The predicted octanol–water partition coefficient (Wildman–Crippen LogP) is 3.68. The van der Waals surface area contributed by atoms with Gasteiger partial charge in [0.15, 0.2) is 0 Å². The number of likely N-dealkylation sites (tertiary alicyclic amines) is 1. The maximum absolute atomic E-state index is 13.8. The molecule has 0 spiro atoms. The third kappa shape index (κ3) is 5.50. The number of halogens is 1. The van der Waals surface area contributed by atoms with Crippen LogP contribution in [0.25, 0.3) is 0 Å². The fraction of sp³-hybridized carbons (Fsp3) is 0.600. The monoisotopic (exact) mass is 253 g/mol. The van der Waals surface area contributed by atoms with Gasteiger partial charge in [-0.1, -0.05) is 26.0 Å². The van der Waals surface area contributed by atoms with Crippen molar-refractivity contribution in [1.29, 1.82) is 0 Å². The van der Waals surface area contributed by atoms with Crippen LogP contribution in [0.2, 0.25) is 0 Å². The van der Waals surface area contributed by atoms with Crippen molar-refractivity contribution < 1.29 is 9.13 Å². The standard InChI is InChI=1S/C15H24FNO/c1-13(12-17-10-5-4-6-11-17)15(16)9-7-8-14(2)18-3/h7-9,13H,2,4-6,10-12H2,1,3H3/b8-7-,15-9+. The number of piperidine rings is 1. The van der Waals surface area contributed by atoms with Crippen LogP contribution in [0.3, 0.4) is 0 Å². The van der Waals surface area contributed by atoms with E-state index in [1.807, 2.05) is 6.92 Å². The minimum Gasteiger partial charge on any atom is -0.497 e. The maximum atomic E-state index is 13.8. The molecule has 2 nitrogen and oxygen atoms in total. The average molecular weight is 253 g/mol. The van der Waals surface area contributed by atoms with Crippen LogP contribution in [0.1, 0.15) is 26.2 Å². The van der Waals surface area contributed by atoms with Gasteiger partial charge in [0.25, 0.3) is 0 Å². The summed E-state index contributed by atoms with van der Waals surface area (Å²) in [6.07, 6.45) is 8.60. The normalized spacial score (nSPS) is 20.1. The highest BCUT2D eigenvalue weighted by atomic mass is 19.1. The van der Waals surface area contributed by atoms with Crippen LogP contribution in [0.5, 0.6) is 0 Å². The fourth-order valence-corrected chi connectivity index (χ4v) is 2.10. The molecule has 3 heteroatoms. The Balaban J connectivity index is 2.39. The van der Waals surface area contributed by atoms with Gasteiger partial charge < -0.3 is 9.64 Å². The molecule has 1 atom stereocenters. The summed E-state index contributed by atoms with van der Waals surface area (Å²) in [5.74, 6) is 0.395. The molecule has 1 rings (SSSR count). The molecule has 1 fully saturated rings. The third-order valence-corrected chi connectivity index (χ3v) is 3.25. The lowest BCUT2D eigenvalue weighted by Crippen LogP contribution is -2.33. The van der Waals surface area contributed by atoms with Gasteiger partial charge in [-0.3, -0.25) is 0 Å². The molecule has 0 amide bonds. The van der Waals surface area contributed by atoms with Crippen LogP contribution in [-0.4, -0.2) is 31.6 Å². The summed E-state index contributed by atoms with van der Waals surface area (Å²) in [7, 11) is 1.55. The fourth-order valence-electron chi connectivity index (χ4n) is 2.10. The highest BCUT2D eigenvalue weighted by molar-refractivity contribution is 5.17. The summed E-state index contributed by atoms with van der Waals surface area (Å²) in [5, 5.41) is 0. The minimum absolute atomic E-state index is 0.0523. The predicted molar refractivity (Wildman–Crippen MR) is 73.9 cm³/mol. The molecule has 1 unspecified atom stereocenters. The highest BCUT2D eigenvalue weighted by Gasteiger charge is 2.15. The topological polar surface area (TPSA) is 12.5 Å². The first-order chi connectivity index (χ1) is 8.63. The Morgan fingerprint density at radius 2 is 2.06 bits per heavy atom. The Kier molecular flexibility index (Phi) is 6.73. The van der Waals surface area contributed by atoms with E-state index in [4.69, 9.17) is 4.74 Å². The van der Waals surface area contributed by atoms with E-state index >= 15 is 0 Å². The third-order valence-electron chi connectivity index (χ3n) is 3.25. The summed E-state index contributed by atoms with van der Waals surface area (Å²) >= 11 is 0. The van der Waals surface area contributed by atoms with Crippen LogP contribution in [0, 0.1) is 5.92 Å². The van der Waals surface area contributed by atoms with Gasteiger partial charge in [0, 0.05) is 12.5 Å². The summed E-state index contributed by atoms with van der Waals surface area (Å²) in [4.78, 5) is 2.35. The zero-order valence-corrected chi connectivity index (χ0v) is 11.5. The Morgan fingerprint density at radius 3 is 2.67 bits per heavy atom. The van der Waals surface area contributed by atoms with Crippen molar-refractivity contribution >= 4 is 0 Å². The van der Waals surface area contributed by atoms with Gasteiger partial charge in [0.05, 0.1) is 7.11 Å². The Labute approximate surface area is 110 Å².